The van der Waals surface area contributed by atoms with Gasteiger partial charge < -0.3 is 4.74 Å². The second-order valence-electron chi connectivity index (χ2n) is 5.57. The molecule has 0 saturated carbocycles. The van der Waals surface area contributed by atoms with E-state index in [4.69, 9.17) is 4.74 Å². The topological polar surface area (TPSA) is 92.8 Å². The van der Waals surface area contributed by atoms with Crippen LogP contribution in [-0.2, 0) is 20.0 Å². The molecule has 0 saturated heterocycles. The smallest absolute Gasteiger partial charge is 0.244 e. The third-order valence-electron chi connectivity index (χ3n) is 3.49. The molecule has 0 unspecified atom stereocenters. The van der Waals surface area contributed by atoms with Crippen molar-refractivity contribution in [3.63, 3.8) is 0 Å². The van der Waals surface area contributed by atoms with Crippen molar-refractivity contribution >= 4 is 20.0 Å². The molecule has 0 heterocycles. The van der Waals surface area contributed by atoms with E-state index in [9.17, 15) is 16.8 Å². The largest absolute Gasteiger partial charge is 0.495 e. The van der Waals surface area contributed by atoms with Gasteiger partial charge in [-0.15, -0.1) is 0 Å². The monoisotopic (exact) mass is 378 g/mol. The molecule has 0 aliphatic heterocycles. The Kier molecular flexibility index (Phi) is 7.65. The van der Waals surface area contributed by atoms with Gasteiger partial charge in [0.15, 0.2) is 0 Å². The summed E-state index contributed by atoms with van der Waals surface area (Å²) in [5.74, 6) is 0.249. The van der Waals surface area contributed by atoms with Crippen LogP contribution in [0.5, 0.6) is 5.75 Å². The molecule has 7 nitrogen and oxygen atoms in total. The zero-order valence-electron chi connectivity index (χ0n) is 14.6. The van der Waals surface area contributed by atoms with E-state index in [1.54, 1.807) is 19.1 Å². The standard InChI is InChI=1S/C15H26N2O5S2/c1-5-6-10-17(23(4,18)19)11-9-16-24(20,21)15-12-13(2)7-8-14(15)22-3/h7-8,12,16H,5-6,9-11H2,1-4H3. The van der Waals surface area contributed by atoms with Gasteiger partial charge in [-0.25, -0.2) is 25.9 Å². The highest BCUT2D eigenvalue weighted by atomic mass is 32.2. The first-order chi connectivity index (χ1) is 11.1. The van der Waals surface area contributed by atoms with Gasteiger partial charge in [0.2, 0.25) is 20.0 Å². The summed E-state index contributed by atoms with van der Waals surface area (Å²) < 4.78 is 57.2. The van der Waals surface area contributed by atoms with Crippen molar-refractivity contribution in [2.24, 2.45) is 0 Å². The van der Waals surface area contributed by atoms with Gasteiger partial charge in [0.05, 0.1) is 13.4 Å². The average molecular weight is 379 g/mol. The van der Waals surface area contributed by atoms with E-state index in [2.05, 4.69) is 4.72 Å². The Labute approximate surface area is 145 Å². The van der Waals surface area contributed by atoms with Crippen LogP contribution < -0.4 is 9.46 Å². The van der Waals surface area contributed by atoms with Crippen LogP contribution in [0.4, 0.5) is 0 Å². The van der Waals surface area contributed by atoms with Crippen molar-refractivity contribution in [2.75, 3.05) is 33.0 Å². The minimum atomic E-state index is -3.78. The molecule has 0 aliphatic carbocycles. The molecular formula is C15H26N2O5S2. The SMILES string of the molecule is CCCCN(CCNS(=O)(=O)c1cc(C)ccc1OC)S(C)(=O)=O. The third-order valence-corrected chi connectivity index (χ3v) is 6.28. The second kappa shape index (κ2) is 8.80. The van der Waals surface area contributed by atoms with Crippen molar-refractivity contribution in [1.82, 2.24) is 9.03 Å². The molecule has 1 aromatic carbocycles. The predicted octanol–water partition coefficient (Wildman–Crippen LogP) is 1.34. The van der Waals surface area contributed by atoms with Crippen molar-refractivity contribution in [2.45, 2.75) is 31.6 Å². The number of benzene rings is 1. The molecule has 9 heteroatoms. The Morgan fingerprint density at radius 3 is 2.38 bits per heavy atom. The maximum atomic E-state index is 12.5. The van der Waals surface area contributed by atoms with E-state index in [1.807, 2.05) is 6.92 Å². The first-order valence-electron chi connectivity index (χ1n) is 7.71. The summed E-state index contributed by atoms with van der Waals surface area (Å²) in [6.07, 6.45) is 2.71. The van der Waals surface area contributed by atoms with E-state index in [-0.39, 0.29) is 23.7 Å². The number of hydrogen-bond acceptors (Lipinski definition) is 5. The number of ether oxygens (including phenoxy) is 1. The summed E-state index contributed by atoms with van der Waals surface area (Å²) in [7, 11) is -5.75. The molecular weight excluding hydrogens is 352 g/mol. The summed E-state index contributed by atoms with van der Waals surface area (Å²) >= 11 is 0. The highest BCUT2D eigenvalue weighted by Crippen LogP contribution is 2.24. The van der Waals surface area contributed by atoms with Gasteiger partial charge >= 0.3 is 0 Å². The zero-order chi connectivity index (χ0) is 18.4. The van der Waals surface area contributed by atoms with Crippen LogP contribution >= 0.6 is 0 Å². The van der Waals surface area contributed by atoms with Gasteiger partial charge in [-0.2, -0.15) is 0 Å². The molecule has 0 radical (unpaired) electrons. The van der Waals surface area contributed by atoms with Gasteiger partial charge in [0, 0.05) is 19.6 Å². The highest BCUT2D eigenvalue weighted by molar-refractivity contribution is 7.89. The summed E-state index contributed by atoms with van der Waals surface area (Å²) in [6, 6.07) is 4.87. The molecule has 138 valence electrons. The van der Waals surface area contributed by atoms with E-state index >= 15 is 0 Å². The molecule has 0 aromatic heterocycles. The van der Waals surface area contributed by atoms with Crippen LogP contribution in [0.1, 0.15) is 25.3 Å². The van der Waals surface area contributed by atoms with Gasteiger partial charge in [-0.3, -0.25) is 0 Å². The fraction of sp³-hybridized carbons (Fsp3) is 0.600. The molecule has 0 atom stereocenters. The number of methoxy groups -OCH3 is 1. The number of nitrogens with zero attached hydrogens (tertiary/aromatic N) is 1. The van der Waals surface area contributed by atoms with Crippen molar-refractivity contribution in [1.29, 1.82) is 0 Å². The molecule has 0 amide bonds. The predicted molar refractivity (Wildman–Crippen MR) is 94.2 cm³/mol. The minimum Gasteiger partial charge on any atom is -0.495 e. The summed E-state index contributed by atoms with van der Waals surface area (Å²) in [4.78, 5) is 0.0458. The number of aryl methyl sites for hydroxylation is 1. The highest BCUT2D eigenvalue weighted by Gasteiger charge is 2.21. The molecule has 0 fully saturated rings. The second-order valence-corrected chi connectivity index (χ2v) is 9.29. The molecule has 1 aromatic rings. The number of sulfonamides is 2. The van der Waals surface area contributed by atoms with Gasteiger partial charge in [0.1, 0.15) is 10.6 Å². The van der Waals surface area contributed by atoms with Gasteiger partial charge in [0.25, 0.3) is 0 Å². The van der Waals surface area contributed by atoms with Gasteiger partial charge in [-0.1, -0.05) is 19.4 Å². The summed E-state index contributed by atoms with van der Waals surface area (Å²) in [5.41, 5.74) is 0.789. The van der Waals surface area contributed by atoms with Crippen LogP contribution in [0.15, 0.2) is 23.1 Å². The van der Waals surface area contributed by atoms with E-state index in [0.29, 0.717) is 6.54 Å². The van der Waals surface area contributed by atoms with Crippen LogP contribution in [0.25, 0.3) is 0 Å². The Morgan fingerprint density at radius 2 is 1.83 bits per heavy atom. The number of nitrogens with one attached hydrogen (secondary N) is 1. The summed E-state index contributed by atoms with van der Waals surface area (Å²) in [6.45, 7) is 4.22. The number of unbranched alkanes of at least 4 members (excludes halogenated alkanes) is 1. The van der Waals surface area contributed by atoms with Crippen LogP contribution in [0, 0.1) is 6.92 Å². The maximum absolute atomic E-state index is 12.5. The Morgan fingerprint density at radius 1 is 1.17 bits per heavy atom. The molecule has 0 bridgehead atoms. The van der Waals surface area contributed by atoms with Crippen molar-refractivity contribution in [3.8, 4) is 5.75 Å². The third kappa shape index (κ3) is 6.04. The first kappa shape index (κ1) is 20.9. The van der Waals surface area contributed by atoms with E-state index in [1.165, 1.54) is 17.5 Å². The Balaban J connectivity index is 2.83. The average Bonchev–Trinajstić information content (AvgIpc) is 2.49. The molecule has 0 spiro atoms. The molecule has 1 N–H and O–H groups in total. The summed E-state index contributed by atoms with van der Waals surface area (Å²) in [5, 5.41) is 0. The van der Waals surface area contributed by atoms with Crippen LogP contribution in [0.2, 0.25) is 0 Å². The quantitative estimate of drug-likeness (QED) is 0.663. The normalized spacial score (nSPS) is 12.5. The molecule has 0 aliphatic rings. The first-order valence-corrected chi connectivity index (χ1v) is 11.0. The molecule has 24 heavy (non-hydrogen) atoms. The lowest BCUT2D eigenvalue weighted by Gasteiger charge is -2.20. The van der Waals surface area contributed by atoms with Gasteiger partial charge in [-0.05, 0) is 31.0 Å². The van der Waals surface area contributed by atoms with E-state index < -0.39 is 20.0 Å². The lowest BCUT2D eigenvalue weighted by molar-refractivity contribution is 0.400. The lowest BCUT2D eigenvalue weighted by Crippen LogP contribution is -2.38. The number of rotatable bonds is 10. The minimum absolute atomic E-state index is 0.00376. The zero-order valence-corrected chi connectivity index (χ0v) is 16.2. The number of hydrogen-bond donors (Lipinski definition) is 1. The van der Waals surface area contributed by atoms with Crippen LogP contribution in [-0.4, -0.2) is 54.1 Å². The lowest BCUT2D eigenvalue weighted by atomic mass is 10.2. The Bertz CT molecular complexity index is 745. The van der Waals surface area contributed by atoms with E-state index in [0.717, 1.165) is 24.7 Å². The molecule has 1 rings (SSSR count). The fourth-order valence-electron chi connectivity index (χ4n) is 2.15. The van der Waals surface area contributed by atoms with Crippen LogP contribution in [0.3, 0.4) is 0 Å². The maximum Gasteiger partial charge on any atom is 0.244 e. The van der Waals surface area contributed by atoms with Crippen molar-refractivity contribution < 1.29 is 21.6 Å². The Hall–Kier alpha value is -1.16. The fourth-order valence-corrected chi connectivity index (χ4v) is 4.31. The van der Waals surface area contributed by atoms with Crippen molar-refractivity contribution in [3.05, 3.63) is 23.8 Å².